The van der Waals surface area contributed by atoms with Crippen molar-refractivity contribution < 1.29 is 0 Å². The van der Waals surface area contributed by atoms with Crippen molar-refractivity contribution in [1.82, 2.24) is 5.32 Å². The number of thioether (sulfide) groups is 2. The molecule has 0 aromatic carbocycles. The molecule has 0 amide bonds. The summed E-state index contributed by atoms with van der Waals surface area (Å²) in [5, 5.41) is 4.32. The summed E-state index contributed by atoms with van der Waals surface area (Å²) >= 11 is 4.27. The third kappa shape index (κ3) is 3.37. The highest BCUT2D eigenvalue weighted by molar-refractivity contribution is 8.06. The van der Waals surface area contributed by atoms with Gasteiger partial charge in [0.1, 0.15) is 0 Å². The lowest BCUT2D eigenvalue weighted by molar-refractivity contribution is 0.388. The molecule has 0 aromatic rings. The molecule has 1 heterocycles. The first-order valence-corrected chi connectivity index (χ1v) is 7.36. The molecule has 13 heavy (non-hydrogen) atoms. The summed E-state index contributed by atoms with van der Waals surface area (Å²) < 4.78 is 0. The van der Waals surface area contributed by atoms with Gasteiger partial charge in [-0.1, -0.05) is 20.3 Å². The maximum atomic E-state index is 3.49. The van der Waals surface area contributed by atoms with Crippen LogP contribution in [0.1, 0.15) is 20.3 Å². The van der Waals surface area contributed by atoms with Crippen molar-refractivity contribution in [3.05, 3.63) is 0 Å². The minimum Gasteiger partial charge on any atom is -0.316 e. The zero-order chi connectivity index (χ0) is 9.68. The van der Waals surface area contributed by atoms with Gasteiger partial charge in [-0.3, -0.25) is 0 Å². The molecule has 3 unspecified atom stereocenters. The Labute approximate surface area is 90.8 Å². The van der Waals surface area contributed by atoms with Gasteiger partial charge in [0.25, 0.3) is 0 Å². The second-order valence-corrected chi connectivity index (χ2v) is 6.18. The van der Waals surface area contributed by atoms with E-state index in [2.05, 4.69) is 49.7 Å². The number of hydrogen-bond acceptors (Lipinski definition) is 3. The highest BCUT2D eigenvalue weighted by atomic mass is 32.2. The fourth-order valence-electron chi connectivity index (χ4n) is 1.80. The van der Waals surface area contributed by atoms with Gasteiger partial charge in [0.2, 0.25) is 0 Å². The summed E-state index contributed by atoms with van der Waals surface area (Å²) in [6, 6.07) is 0.711. The monoisotopic (exact) mass is 219 g/mol. The van der Waals surface area contributed by atoms with Gasteiger partial charge in [-0.25, -0.2) is 0 Å². The molecule has 78 valence electrons. The Hall–Kier alpha value is 0.660. The molecular formula is C10H21NS2. The van der Waals surface area contributed by atoms with Crippen LogP contribution in [-0.2, 0) is 0 Å². The number of rotatable bonds is 4. The molecule has 0 radical (unpaired) electrons. The molecule has 0 saturated carbocycles. The lowest BCUT2D eigenvalue weighted by atomic mass is 9.97. The highest BCUT2D eigenvalue weighted by Gasteiger charge is 2.26. The van der Waals surface area contributed by atoms with Gasteiger partial charge in [-0.2, -0.15) is 23.5 Å². The van der Waals surface area contributed by atoms with E-state index in [0.29, 0.717) is 6.04 Å². The number of nitrogens with one attached hydrogen (secondary N) is 1. The molecule has 1 saturated heterocycles. The van der Waals surface area contributed by atoms with E-state index in [9.17, 15) is 0 Å². The van der Waals surface area contributed by atoms with E-state index in [-0.39, 0.29) is 0 Å². The smallest absolute Gasteiger partial charge is 0.0294 e. The molecule has 1 rings (SSSR count). The summed E-state index contributed by atoms with van der Waals surface area (Å²) in [5.74, 6) is 4.82. The van der Waals surface area contributed by atoms with Crippen LogP contribution in [0.2, 0.25) is 0 Å². The quantitative estimate of drug-likeness (QED) is 0.780. The van der Waals surface area contributed by atoms with Crippen LogP contribution in [0.25, 0.3) is 0 Å². The van der Waals surface area contributed by atoms with Crippen molar-refractivity contribution >= 4 is 23.5 Å². The van der Waals surface area contributed by atoms with Gasteiger partial charge in [-0.05, 0) is 13.0 Å². The van der Waals surface area contributed by atoms with Crippen LogP contribution in [0, 0.1) is 5.92 Å². The van der Waals surface area contributed by atoms with Gasteiger partial charge >= 0.3 is 0 Å². The lowest BCUT2D eigenvalue weighted by Crippen LogP contribution is -2.43. The molecule has 3 atom stereocenters. The Bertz CT molecular complexity index is 135. The van der Waals surface area contributed by atoms with Crippen LogP contribution >= 0.6 is 23.5 Å². The predicted octanol–water partition coefficient (Wildman–Crippen LogP) is 2.47. The fourth-order valence-corrected chi connectivity index (χ4v) is 4.85. The maximum Gasteiger partial charge on any atom is 0.0294 e. The minimum absolute atomic E-state index is 0.711. The minimum atomic E-state index is 0.711. The predicted molar refractivity (Wildman–Crippen MR) is 65.9 cm³/mol. The third-order valence-electron chi connectivity index (χ3n) is 2.83. The Balaban J connectivity index is 2.43. The van der Waals surface area contributed by atoms with E-state index in [1.54, 1.807) is 0 Å². The average Bonchev–Trinajstić information content (AvgIpc) is 2.20. The van der Waals surface area contributed by atoms with Crippen LogP contribution < -0.4 is 5.32 Å². The largest absolute Gasteiger partial charge is 0.316 e. The molecule has 3 heteroatoms. The van der Waals surface area contributed by atoms with E-state index in [0.717, 1.165) is 11.2 Å². The van der Waals surface area contributed by atoms with Crippen molar-refractivity contribution in [3.8, 4) is 0 Å². The molecule has 1 fully saturated rings. The fraction of sp³-hybridized carbons (Fsp3) is 1.00. The standard InChI is InChI=1S/C10H21NS2/c1-4-8(2)10(11-3)9-7-12-5-6-13-9/h8-11H,4-7H2,1-3H3. The first kappa shape index (κ1) is 11.7. The Kier molecular flexibility index (Phi) is 5.60. The number of hydrogen-bond donors (Lipinski definition) is 1. The molecule has 1 aliphatic rings. The third-order valence-corrected chi connectivity index (χ3v) is 5.72. The molecule has 1 aliphatic heterocycles. The second-order valence-electron chi connectivity index (χ2n) is 3.68. The first-order valence-electron chi connectivity index (χ1n) is 5.16. The SMILES string of the molecule is CCC(C)C(NC)C1CSCCS1. The van der Waals surface area contributed by atoms with Crippen molar-refractivity contribution in [1.29, 1.82) is 0 Å². The van der Waals surface area contributed by atoms with Gasteiger partial charge in [-0.15, -0.1) is 0 Å². The zero-order valence-electron chi connectivity index (χ0n) is 8.88. The molecular weight excluding hydrogens is 198 g/mol. The summed E-state index contributed by atoms with van der Waals surface area (Å²) in [7, 11) is 2.11. The van der Waals surface area contributed by atoms with Crippen molar-refractivity contribution in [3.63, 3.8) is 0 Å². The Morgan fingerprint density at radius 2 is 2.23 bits per heavy atom. The van der Waals surface area contributed by atoms with Crippen molar-refractivity contribution in [2.75, 3.05) is 24.3 Å². The topological polar surface area (TPSA) is 12.0 Å². The van der Waals surface area contributed by atoms with E-state index in [1.807, 2.05) is 0 Å². The van der Waals surface area contributed by atoms with E-state index in [1.165, 1.54) is 23.7 Å². The highest BCUT2D eigenvalue weighted by Crippen LogP contribution is 2.29. The molecule has 0 aliphatic carbocycles. The maximum absolute atomic E-state index is 3.49. The molecule has 1 nitrogen and oxygen atoms in total. The summed E-state index contributed by atoms with van der Waals surface area (Å²) in [6.45, 7) is 4.65. The molecule has 1 N–H and O–H groups in total. The lowest BCUT2D eigenvalue weighted by Gasteiger charge is -2.33. The van der Waals surface area contributed by atoms with Gasteiger partial charge < -0.3 is 5.32 Å². The van der Waals surface area contributed by atoms with Crippen LogP contribution in [-0.4, -0.2) is 35.6 Å². The summed E-state index contributed by atoms with van der Waals surface area (Å²) in [4.78, 5) is 0. The second kappa shape index (κ2) is 6.20. The van der Waals surface area contributed by atoms with Crippen molar-refractivity contribution in [2.24, 2.45) is 5.92 Å². The summed E-state index contributed by atoms with van der Waals surface area (Å²) in [6.07, 6.45) is 1.28. The molecule has 0 spiro atoms. The van der Waals surface area contributed by atoms with Crippen LogP contribution in [0.15, 0.2) is 0 Å². The van der Waals surface area contributed by atoms with E-state index < -0.39 is 0 Å². The van der Waals surface area contributed by atoms with Crippen LogP contribution in [0.5, 0.6) is 0 Å². The van der Waals surface area contributed by atoms with E-state index >= 15 is 0 Å². The normalized spacial score (nSPS) is 28.4. The van der Waals surface area contributed by atoms with Crippen LogP contribution in [0.3, 0.4) is 0 Å². The van der Waals surface area contributed by atoms with Crippen LogP contribution in [0.4, 0.5) is 0 Å². The average molecular weight is 219 g/mol. The molecule has 0 aromatic heterocycles. The zero-order valence-corrected chi connectivity index (χ0v) is 10.5. The summed E-state index contributed by atoms with van der Waals surface area (Å²) in [5.41, 5.74) is 0. The molecule has 0 bridgehead atoms. The Morgan fingerprint density at radius 1 is 1.46 bits per heavy atom. The Morgan fingerprint density at radius 3 is 2.69 bits per heavy atom. The van der Waals surface area contributed by atoms with Gasteiger partial charge in [0.15, 0.2) is 0 Å². The van der Waals surface area contributed by atoms with Gasteiger partial charge in [0, 0.05) is 28.6 Å². The first-order chi connectivity index (χ1) is 6.29. The van der Waals surface area contributed by atoms with Gasteiger partial charge in [0.05, 0.1) is 0 Å². The van der Waals surface area contributed by atoms with Crippen molar-refractivity contribution in [2.45, 2.75) is 31.6 Å². The van der Waals surface area contributed by atoms with E-state index in [4.69, 9.17) is 0 Å².